The molecule has 354 valence electrons. The first kappa shape index (κ1) is 58.4. The SMILES string of the molecule is CCCCC/C=C\C/C=C\CCCCCCCC(=O)OC(COC(=O)CCCCCCC/C=C/C/C=C\CCCCC)COC(=O)CCCCCCCCCCCCCCC. The van der Waals surface area contributed by atoms with E-state index in [4.69, 9.17) is 14.2 Å². The van der Waals surface area contributed by atoms with Crippen LogP contribution < -0.4 is 0 Å². The highest BCUT2D eigenvalue weighted by atomic mass is 16.6. The molecule has 6 nitrogen and oxygen atoms in total. The summed E-state index contributed by atoms with van der Waals surface area (Å²) in [6.45, 7) is 6.57. The first-order chi connectivity index (χ1) is 30.0. The van der Waals surface area contributed by atoms with Crippen molar-refractivity contribution < 1.29 is 28.6 Å². The zero-order valence-electron chi connectivity index (χ0n) is 40.4. The van der Waals surface area contributed by atoms with Crippen molar-refractivity contribution in [1.82, 2.24) is 0 Å². The van der Waals surface area contributed by atoms with Crippen LogP contribution >= 0.6 is 0 Å². The van der Waals surface area contributed by atoms with Gasteiger partial charge in [-0.1, -0.05) is 211 Å². The maximum absolute atomic E-state index is 12.8. The molecule has 0 rings (SSSR count). The largest absolute Gasteiger partial charge is 0.462 e. The molecule has 0 fully saturated rings. The fourth-order valence-electron chi connectivity index (χ4n) is 7.33. The van der Waals surface area contributed by atoms with Crippen molar-refractivity contribution in [2.45, 2.75) is 271 Å². The Morgan fingerprint density at radius 3 is 0.934 bits per heavy atom. The van der Waals surface area contributed by atoms with E-state index in [1.165, 1.54) is 122 Å². The topological polar surface area (TPSA) is 78.9 Å². The summed E-state index contributed by atoms with van der Waals surface area (Å²) >= 11 is 0. The quantitative estimate of drug-likeness (QED) is 0.0263. The molecule has 0 heterocycles. The predicted octanol–water partition coefficient (Wildman–Crippen LogP) is 17.1. The number of hydrogen-bond donors (Lipinski definition) is 0. The molecule has 1 atom stereocenters. The Balaban J connectivity index is 4.41. The molecule has 0 aliphatic rings. The van der Waals surface area contributed by atoms with E-state index in [-0.39, 0.29) is 31.1 Å². The summed E-state index contributed by atoms with van der Waals surface area (Å²) in [7, 11) is 0. The van der Waals surface area contributed by atoms with Gasteiger partial charge in [-0.25, -0.2) is 0 Å². The van der Waals surface area contributed by atoms with E-state index in [1.54, 1.807) is 0 Å². The Labute approximate surface area is 378 Å². The third kappa shape index (κ3) is 48.3. The first-order valence-electron chi connectivity index (χ1n) is 26.1. The lowest BCUT2D eigenvalue weighted by molar-refractivity contribution is -0.167. The van der Waals surface area contributed by atoms with Gasteiger partial charge in [-0.3, -0.25) is 14.4 Å². The van der Waals surface area contributed by atoms with Crippen LogP contribution in [0.4, 0.5) is 0 Å². The van der Waals surface area contributed by atoms with Crippen LogP contribution in [0, 0.1) is 0 Å². The van der Waals surface area contributed by atoms with Gasteiger partial charge in [0.15, 0.2) is 6.10 Å². The summed E-state index contributed by atoms with van der Waals surface area (Å²) in [6.07, 6.45) is 59.4. The van der Waals surface area contributed by atoms with Crippen LogP contribution in [0.2, 0.25) is 0 Å². The number of carbonyl (C=O) groups is 3. The van der Waals surface area contributed by atoms with Crippen molar-refractivity contribution in [3.8, 4) is 0 Å². The van der Waals surface area contributed by atoms with E-state index in [0.717, 1.165) is 103 Å². The molecule has 61 heavy (non-hydrogen) atoms. The summed E-state index contributed by atoms with van der Waals surface area (Å²) in [4.78, 5) is 38.0. The Kier molecular flexibility index (Phi) is 47.9. The Morgan fingerprint density at radius 2 is 0.590 bits per heavy atom. The van der Waals surface area contributed by atoms with E-state index in [1.807, 2.05) is 0 Å². The van der Waals surface area contributed by atoms with Gasteiger partial charge in [-0.2, -0.15) is 0 Å². The van der Waals surface area contributed by atoms with Crippen molar-refractivity contribution >= 4 is 17.9 Å². The van der Waals surface area contributed by atoms with Gasteiger partial charge in [0.2, 0.25) is 0 Å². The third-order valence-electron chi connectivity index (χ3n) is 11.3. The van der Waals surface area contributed by atoms with Crippen LogP contribution in [0.1, 0.15) is 265 Å². The molecule has 1 unspecified atom stereocenters. The summed E-state index contributed by atoms with van der Waals surface area (Å²) in [5.41, 5.74) is 0. The average molecular weight is 855 g/mol. The lowest BCUT2D eigenvalue weighted by Gasteiger charge is -2.18. The Morgan fingerprint density at radius 1 is 0.328 bits per heavy atom. The summed E-state index contributed by atoms with van der Waals surface area (Å²) in [5.74, 6) is -0.902. The molecule has 0 saturated carbocycles. The van der Waals surface area contributed by atoms with Gasteiger partial charge in [0.25, 0.3) is 0 Å². The number of carbonyl (C=O) groups excluding carboxylic acids is 3. The molecule has 0 N–H and O–H groups in total. The minimum Gasteiger partial charge on any atom is -0.462 e. The van der Waals surface area contributed by atoms with Crippen molar-refractivity contribution in [3.63, 3.8) is 0 Å². The second-order valence-corrected chi connectivity index (χ2v) is 17.4. The minimum absolute atomic E-state index is 0.0812. The summed E-state index contributed by atoms with van der Waals surface area (Å²) < 4.78 is 16.8. The van der Waals surface area contributed by atoms with Crippen LogP contribution in [0.3, 0.4) is 0 Å². The molecule has 0 bridgehead atoms. The zero-order valence-corrected chi connectivity index (χ0v) is 40.4. The molecule has 0 aliphatic carbocycles. The molecule has 0 amide bonds. The second kappa shape index (κ2) is 50.0. The standard InChI is InChI=1S/C55H98O6/c1-4-7-10-13-16-19-22-25-27-30-33-36-39-42-45-48-54(57)60-51-52(50-59-53(56)47-44-41-38-35-32-29-24-21-18-15-12-9-6-3)61-55(58)49-46-43-40-37-34-31-28-26-23-20-17-14-11-8-5-2/h16-17,19-20,25-28,52H,4-15,18,21-24,29-51H2,1-3H3/b19-16-,20-17-,27-25+,28-26-. The fourth-order valence-corrected chi connectivity index (χ4v) is 7.33. The number of esters is 3. The maximum Gasteiger partial charge on any atom is 0.306 e. The molecule has 0 radical (unpaired) electrons. The van der Waals surface area contributed by atoms with Gasteiger partial charge >= 0.3 is 17.9 Å². The van der Waals surface area contributed by atoms with Crippen molar-refractivity contribution in [1.29, 1.82) is 0 Å². The highest BCUT2D eigenvalue weighted by Gasteiger charge is 2.19. The molecule has 0 aromatic heterocycles. The third-order valence-corrected chi connectivity index (χ3v) is 11.3. The zero-order chi connectivity index (χ0) is 44.4. The molecular formula is C55H98O6. The van der Waals surface area contributed by atoms with Gasteiger partial charge in [-0.05, 0) is 83.5 Å². The number of ether oxygens (including phenoxy) is 3. The summed E-state index contributed by atoms with van der Waals surface area (Å²) in [6, 6.07) is 0. The highest BCUT2D eigenvalue weighted by Crippen LogP contribution is 2.15. The average Bonchev–Trinajstić information content (AvgIpc) is 3.26. The molecule has 0 saturated heterocycles. The Hall–Kier alpha value is -2.63. The second-order valence-electron chi connectivity index (χ2n) is 17.4. The number of rotatable bonds is 47. The van der Waals surface area contributed by atoms with E-state index in [9.17, 15) is 14.4 Å². The molecular weight excluding hydrogens is 757 g/mol. The lowest BCUT2D eigenvalue weighted by Crippen LogP contribution is -2.30. The molecule has 0 aromatic carbocycles. The van der Waals surface area contributed by atoms with Gasteiger partial charge in [0.05, 0.1) is 0 Å². The molecule has 0 aromatic rings. The van der Waals surface area contributed by atoms with Crippen LogP contribution in [0.5, 0.6) is 0 Å². The fraction of sp³-hybridized carbons (Fsp3) is 0.800. The predicted molar refractivity (Wildman–Crippen MR) is 261 cm³/mol. The van der Waals surface area contributed by atoms with Gasteiger partial charge < -0.3 is 14.2 Å². The van der Waals surface area contributed by atoms with Crippen molar-refractivity contribution in [3.05, 3.63) is 48.6 Å². The van der Waals surface area contributed by atoms with Gasteiger partial charge in [0.1, 0.15) is 13.2 Å². The number of unbranched alkanes of at least 4 members (excludes halogenated alkanes) is 28. The monoisotopic (exact) mass is 855 g/mol. The maximum atomic E-state index is 12.8. The van der Waals surface area contributed by atoms with Gasteiger partial charge in [0, 0.05) is 19.3 Å². The van der Waals surface area contributed by atoms with Crippen molar-refractivity contribution in [2.24, 2.45) is 0 Å². The number of hydrogen-bond acceptors (Lipinski definition) is 6. The van der Waals surface area contributed by atoms with Crippen molar-refractivity contribution in [2.75, 3.05) is 13.2 Å². The van der Waals surface area contributed by atoms with Crippen LogP contribution in [0.25, 0.3) is 0 Å². The first-order valence-corrected chi connectivity index (χ1v) is 26.1. The Bertz CT molecular complexity index is 1070. The van der Waals surface area contributed by atoms with Crippen LogP contribution in [-0.2, 0) is 28.6 Å². The summed E-state index contributed by atoms with van der Waals surface area (Å²) in [5, 5.41) is 0. The van der Waals surface area contributed by atoms with Gasteiger partial charge in [-0.15, -0.1) is 0 Å². The number of allylic oxidation sites excluding steroid dienone is 8. The van der Waals surface area contributed by atoms with E-state index >= 15 is 0 Å². The molecule has 6 heteroatoms. The molecule has 0 spiro atoms. The smallest absolute Gasteiger partial charge is 0.306 e. The molecule has 0 aliphatic heterocycles. The van der Waals surface area contributed by atoms with E-state index < -0.39 is 6.10 Å². The lowest BCUT2D eigenvalue weighted by atomic mass is 10.0. The normalized spacial score (nSPS) is 12.4. The van der Waals surface area contributed by atoms with E-state index in [2.05, 4.69) is 69.4 Å². The van der Waals surface area contributed by atoms with Crippen LogP contribution in [0.15, 0.2) is 48.6 Å². The minimum atomic E-state index is -0.783. The highest BCUT2D eigenvalue weighted by molar-refractivity contribution is 5.71. The van der Waals surface area contributed by atoms with Crippen LogP contribution in [-0.4, -0.2) is 37.2 Å². The van der Waals surface area contributed by atoms with E-state index in [0.29, 0.717) is 19.3 Å².